The van der Waals surface area contributed by atoms with Crippen LogP contribution in [0, 0.1) is 0 Å². The minimum atomic E-state index is -1.09. The van der Waals surface area contributed by atoms with Crippen LogP contribution in [0.5, 0.6) is 0 Å². The number of hydrogen-bond acceptors (Lipinski definition) is 4. The van der Waals surface area contributed by atoms with Crippen molar-refractivity contribution in [3.63, 3.8) is 0 Å². The van der Waals surface area contributed by atoms with Crippen LogP contribution < -0.4 is 5.32 Å². The molecule has 1 heterocycles. The van der Waals surface area contributed by atoms with Crippen molar-refractivity contribution in [1.29, 1.82) is 0 Å². The highest BCUT2D eigenvalue weighted by atomic mass is 16.4. The third kappa shape index (κ3) is 6.80. The molecule has 1 aromatic heterocycles. The SMILES string of the molecule is CCCCN(Cc1ccc(C(=O)N[C@@H](Cc2ccccc2)C(=O)O)cc1)C(=O)c1ccco1. The molecule has 2 aromatic carbocycles. The molecular weight excluding hydrogens is 420 g/mol. The van der Waals surface area contributed by atoms with Crippen LogP contribution >= 0.6 is 0 Å². The third-order valence-electron chi connectivity index (χ3n) is 5.28. The summed E-state index contributed by atoms with van der Waals surface area (Å²) in [5.74, 6) is -1.44. The number of carboxylic acid groups (broad SMARTS) is 1. The van der Waals surface area contributed by atoms with Crippen LogP contribution in [0.15, 0.2) is 77.4 Å². The number of nitrogens with one attached hydrogen (secondary N) is 1. The summed E-state index contributed by atoms with van der Waals surface area (Å²) < 4.78 is 5.25. The van der Waals surface area contributed by atoms with Crippen molar-refractivity contribution in [3.8, 4) is 0 Å². The monoisotopic (exact) mass is 448 g/mol. The molecule has 0 aliphatic carbocycles. The van der Waals surface area contributed by atoms with Gasteiger partial charge in [-0.05, 0) is 41.8 Å². The van der Waals surface area contributed by atoms with Gasteiger partial charge in [0.05, 0.1) is 6.26 Å². The highest BCUT2D eigenvalue weighted by Crippen LogP contribution is 2.14. The molecule has 7 nitrogen and oxygen atoms in total. The zero-order valence-electron chi connectivity index (χ0n) is 18.6. The van der Waals surface area contributed by atoms with E-state index in [1.54, 1.807) is 41.3 Å². The average molecular weight is 449 g/mol. The van der Waals surface area contributed by atoms with E-state index in [-0.39, 0.29) is 12.3 Å². The third-order valence-corrected chi connectivity index (χ3v) is 5.28. The molecule has 0 fully saturated rings. The molecule has 33 heavy (non-hydrogen) atoms. The predicted molar refractivity (Wildman–Crippen MR) is 124 cm³/mol. The number of aliphatic carboxylic acids is 1. The Balaban J connectivity index is 1.65. The second kappa shape index (κ2) is 11.7. The average Bonchev–Trinajstić information content (AvgIpc) is 3.37. The van der Waals surface area contributed by atoms with E-state index in [0.29, 0.717) is 24.4 Å². The second-order valence-electron chi connectivity index (χ2n) is 7.81. The van der Waals surface area contributed by atoms with Crippen LogP contribution in [-0.2, 0) is 17.8 Å². The Hall–Kier alpha value is -3.87. The number of unbranched alkanes of at least 4 members (excludes halogenated alkanes) is 1. The van der Waals surface area contributed by atoms with E-state index < -0.39 is 17.9 Å². The molecule has 0 spiro atoms. The lowest BCUT2D eigenvalue weighted by Gasteiger charge is -2.22. The highest BCUT2D eigenvalue weighted by Gasteiger charge is 2.22. The van der Waals surface area contributed by atoms with Crippen LogP contribution in [0.3, 0.4) is 0 Å². The molecule has 0 unspecified atom stereocenters. The van der Waals surface area contributed by atoms with Crippen LogP contribution in [-0.4, -0.2) is 40.4 Å². The van der Waals surface area contributed by atoms with Gasteiger partial charge >= 0.3 is 5.97 Å². The zero-order chi connectivity index (χ0) is 23.6. The fourth-order valence-electron chi connectivity index (χ4n) is 3.43. The highest BCUT2D eigenvalue weighted by molar-refractivity contribution is 5.96. The number of rotatable bonds is 11. The molecule has 0 aliphatic rings. The Morgan fingerprint density at radius 1 is 0.970 bits per heavy atom. The minimum absolute atomic E-state index is 0.180. The van der Waals surface area contributed by atoms with Crippen molar-refractivity contribution >= 4 is 17.8 Å². The largest absolute Gasteiger partial charge is 0.480 e. The summed E-state index contributed by atoms with van der Waals surface area (Å²) in [5, 5.41) is 12.1. The standard InChI is InChI=1S/C26H28N2O5/c1-2-3-15-28(25(30)23-10-7-16-33-23)18-20-11-13-21(14-12-20)24(29)27-22(26(31)32)17-19-8-5-4-6-9-19/h4-14,16,22H,2-3,15,17-18H2,1H3,(H,27,29)(H,31,32)/t22-/m0/s1. The lowest BCUT2D eigenvalue weighted by atomic mass is 10.0. The zero-order valence-corrected chi connectivity index (χ0v) is 18.6. The molecule has 1 atom stereocenters. The molecule has 7 heteroatoms. The first-order chi connectivity index (χ1) is 16.0. The Morgan fingerprint density at radius 3 is 2.30 bits per heavy atom. The van der Waals surface area contributed by atoms with E-state index in [9.17, 15) is 19.5 Å². The Bertz CT molecular complexity index is 1050. The van der Waals surface area contributed by atoms with Gasteiger partial charge in [-0.3, -0.25) is 9.59 Å². The number of nitrogens with zero attached hydrogens (tertiary/aromatic N) is 1. The van der Waals surface area contributed by atoms with Crippen LogP contribution in [0.25, 0.3) is 0 Å². The maximum Gasteiger partial charge on any atom is 0.326 e. The number of furan rings is 1. The lowest BCUT2D eigenvalue weighted by molar-refractivity contribution is -0.139. The van der Waals surface area contributed by atoms with Crippen molar-refractivity contribution in [2.75, 3.05) is 6.54 Å². The first-order valence-corrected chi connectivity index (χ1v) is 11.0. The summed E-state index contributed by atoms with van der Waals surface area (Å²) in [7, 11) is 0. The number of carbonyl (C=O) groups excluding carboxylic acids is 2. The van der Waals surface area contributed by atoms with Crippen molar-refractivity contribution < 1.29 is 23.9 Å². The maximum absolute atomic E-state index is 12.7. The normalized spacial score (nSPS) is 11.5. The number of hydrogen-bond donors (Lipinski definition) is 2. The van der Waals surface area contributed by atoms with Gasteiger partial charge < -0.3 is 19.7 Å². The van der Waals surface area contributed by atoms with Gasteiger partial charge in [-0.15, -0.1) is 0 Å². The minimum Gasteiger partial charge on any atom is -0.480 e. The first-order valence-electron chi connectivity index (χ1n) is 11.0. The molecule has 3 aromatic rings. The number of benzene rings is 2. The predicted octanol–water partition coefficient (Wildman–Crippen LogP) is 4.15. The molecule has 0 saturated heterocycles. The Kier molecular flexibility index (Phi) is 8.41. The first kappa shape index (κ1) is 23.8. The molecule has 0 radical (unpaired) electrons. The summed E-state index contributed by atoms with van der Waals surface area (Å²) in [4.78, 5) is 38.7. The number of carboxylic acids is 1. The molecule has 2 N–H and O–H groups in total. The number of carbonyl (C=O) groups is 3. The van der Waals surface area contributed by atoms with Gasteiger partial charge in [-0.2, -0.15) is 0 Å². The number of amides is 2. The Labute approximate surface area is 193 Å². The lowest BCUT2D eigenvalue weighted by Crippen LogP contribution is -2.42. The molecule has 2 amide bonds. The van der Waals surface area contributed by atoms with Gasteiger partial charge in [0.1, 0.15) is 6.04 Å². The summed E-state index contributed by atoms with van der Waals surface area (Å²) in [6, 6.07) is 18.3. The summed E-state index contributed by atoms with van der Waals surface area (Å²) in [6.45, 7) is 3.04. The van der Waals surface area contributed by atoms with Gasteiger partial charge in [-0.1, -0.05) is 55.8 Å². The summed E-state index contributed by atoms with van der Waals surface area (Å²) in [6.07, 6.45) is 3.49. The van der Waals surface area contributed by atoms with Gasteiger partial charge in [0.25, 0.3) is 11.8 Å². The van der Waals surface area contributed by atoms with Crippen molar-refractivity contribution in [2.45, 2.75) is 38.8 Å². The van der Waals surface area contributed by atoms with Gasteiger partial charge in [-0.25, -0.2) is 4.79 Å². The van der Waals surface area contributed by atoms with Gasteiger partial charge in [0.15, 0.2) is 5.76 Å². The Morgan fingerprint density at radius 2 is 1.70 bits per heavy atom. The van der Waals surface area contributed by atoms with Crippen molar-refractivity contribution in [1.82, 2.24) is 10.2 Å². The summed E-state index contributed by atoms with van der Waals surface area (Å²) >= 11 is 0. The quantitative estimate of drug-likeness (QED) is 0.459. The topological polar surface area (TPSA) is 99.9 Å². The van der Waals surface area contributed by atoms with Crippen LogP contribution in [0.1, 0.15) is 51.8 Å². The smallest absolute Gasteiger partial charge is 0.326 e. The molecular formula is C26H28N2O5. The summed E-state index contributed by atoms with van der Waals surface area (Å²) in [5.41, 5.74) is 2.05. The fraction of sp³-hybridized carbons (Fsp3) is 0.269. The van der Waals surface area contributed by atoms with E-state index >= 15 is 0 Å². The fourth-order valence-corrected chi connectivity index (χ4v) is 3.43. The van der Waals surface area contributed by atoms with E-state index in [0.717, 1.165) is 24.0 Å². The van der Waals surface area contributed by atoms with Crippen LogP contribution in [0.4, 0.5) is 0 Å². The molecule has 3 rings (SSSR count). The maximum atomic E-state index is 12.7. The van der Waals surface area contributed by atoms with E-state index in [1.807, 2.05) is 30.3 Å². The molecule has 0 aliphatic heterocycles. The van der Waals surface area contributed by atoms with Gasteiger partial charge in [0, 0.05) is 25.1 Å². The van der Waals surface area contributed by atoms with Crippen LogP contribution in [0.2, 0.25) is 0 Å². The van der Waals surface area contributed by atoms with E-state index in [2.05, 4.69) is 12.2 Å². The van der Waals surface area contributed by atoms with Crippen molar-refractivity contribution in [2.24, 2.45) is 0 Å². The van der Waals surface area contributed by atoms with E-state index in [4.69, 9.17) is 4.42 Å². The molecule has 172 valence electrons. The van der Waals surface area contributed by atoms with E-state index in [1.165, 1.54) is 6.26 Å². The van der Waals surface area contributed by atoms with Gasteiger partial charge in [0.2, 0.25) is 0 Å². The molecule has 0 saturated carbocycles. The molecule has 0 bridgehead atoms. The van der Waals surface area contributed by atoms with Crippen molar-refractivity contribution in [3.05, 3.63) is 95.4 Å². The second-order valence-corrected chi connectivity index (χ2v) is 7.81.